The summed E-state index contributed by atoms with van der Waals surface area (Å²) in [6.07, 6.45) is 4.92. The first-order chi connectivity index (χ1) is 8.58. The van der Waals surface area contributed by atoms with Crippen molar-refractivity contribution < 1.29 is 14.3 Å². The molecule has 0 spiro atoms. The van der Waals surface area contributed by atoms with Crippen LogP contribution in [0.3, 0.4) is 0 Å². The van der Waals surface area contributed by atoms with E-state index in [0.717, 1.165) is 5.56 Å². The molecule has 0 aromatic heterocycles. The highest BCUT2D eigenvalue weighted by molar-refractivity contribution is 5.88. The summed E-state index contributed by atoms with van der Waals surface area (Å²) in [5.74, 6) is -1.88. The van der Waals surface area contributed by atoms with E-state index >= 15 is 0 Å². The van der Waals surface area contributed by atoms with Gasteiger partial charge in [0.15, 0.2) is 0 Å². The van der Waals surface area contributed by atoms with Crippen molar-refractivity contribution >= 4 is 5.97 Å². The second-order valence-electron chi connectivity index (χ2n) is 4.97. The lowest BCUT2D eigenvalue weighted by molar-refractivity contribution is 0.0691. The summed E-state index contributed by atoms with van der Waals surface area (Å²) < 4.78 is 13.3. The number of carbonyl (C=O) groups is 1. The van der Waals surface area contributed by atoms with E-state index in [2.05, 4.69) is 4.90 Å². The van der Waals surface area contributed by atoms with Gasteiger partial charge in [0, 0.05) is 12.6 Å². The van der Waals surface area contributed by atoms with Crippen molar-refractivity contribution in [1.82, 2.24) is 4.90 Å². The van der Waals surface area contributed by atoms with Crippen LogP contribution in [-0.4, -0.2) is 29.1 Å². The molecule has 0 unspecified atom stereocenters. The number of carboxylic acid groups (broad SMARTS) is 1. The van der Waals surface area contributed by atoms with Crippen molar-refractivity contribution in [3.8, 4) is 0 Å². The topological polar surface area (TPSA) is 40.5 Å². The Morgan fingerprint density at radius 3 is 2.72 bits per heavy atom. The molecule has 0 amide bonds. The molecular formula is C14H18FNO2. The molecule has 0 atom stereocenters. The molecule has 0 heterocycles. The molecule has 1 aliphatic rings. The molecule has 0 bridgehead atoms. The van der Waals surface area contributed by atoms with Gasteiger partial charge in [0.05, 0.1) is 5.56 Å². The van der Waals surface area contributed by atoms with Crippen LogP contribution in [0, 0.1) is 5.82 Å². The zero-order chi connectivity index (χ0) is 13.1. The first-order valence-electron chi connectivity index (χ1n) is 6.30. The monoisotopic (exact) mass is 251 g/mol. The van der Waals surface area contributed by atoms with E-state index in [1.807, 2.05) is 7.05 Å². The Kier molecular flexibility index (Phi) is 3.97. The second kappa shape index (κ2) is 5.48. The van der Waals surface area contributed by atoms with Gasteiger partial charge in [-0.05, 0) is 37.6 Å². The minimum atomic E-state index is -1.21. The predicted octanol–water partition coefficient (Wildman–Crippen LogP) is 2.90. The highest BCUT2D eigenvalue weighted by atomic mass is 19.1. The minimum absolute atomic E-state index is 0.243. The van der Waals surface area contributed by atoms with Gasteiger partial charge in [-0.15, -0.1) is 0 Å². The van der Waals surface area contributed by atoms with Crippen LogP contribution in [0.15, 0.2) is 18.2 Å². The maximum atomic E-state index is 13.3. The fourth-order valence-electron chi connectivity index (χ4n) is 2.60. The minimum Gasteiger partial charge on any atom is -0.478 e. The largest absolute Gasteiger partial charge is 0.478 e. The van der Waals surface area contributed by atoms with Crippen LogP contribution in [-0.2, 0) is 6.54 Å². The fourth-order valence-corrected chi connectivity index (χ4v) is 2.60. The number of benzene rings is 1. The van der Waals surface area contributed by atoms with Crippen LogP contribution >= 0.6 is 0 Å². The first-order valence-corrected chi connectivity index (χ1v) is 6.30. The molecule has 2 rings (SSSR count). The SMILES string of the molecule is CN(Cc1ccc(F)c(C(=O)O)c1)C1CCCC1. The van der Waals surface area contributed by atoms with E-state index in [-0.39, 0.29) is 5.56 Å². The molecular weight excluding hydrogens is 233 g/mol. The first kappa shape index (κ1) is 13.0. The molecule has 1 aliphatic carbocycles. The Bertz CT molecular complexity index is 441. The second-order valence-corrected chi connectivity index (χ2v) is 4.97. The number of nitrogens with zero attached hydrogens (tertiary/aromatic N) is 1. The van der Waals surface area contributed by atoms with Crippen LogP contribution in [0.5, 0.6) is 0 Å². The third kappa shape index (κ3) is 2.88. The number of aromatic carboxylic acids is 1. The Labute approximate surface area is 106 Å². The molecule has 98 valence electrons. The smallest absolute Gasteiger partial charge is 0.338 e. The molecule has 1 aromatic rings. The maximum Gasteiger partial charge on any atom is 0.338 e. The van der Waals surface area contributed by atoms with E-state index < -0.39 is 11.8 Å². The number of rotatable bonds is 4. The summed E-state index contributed by atoms with van der Waals surface area (Å²) in [5, 5.41) is 8.88. The van der Waals surface area contributed by atoms with Gasteiger partial charge >= 0.3 is 5.97 Å². The lowest BCUT2D eigenvalue weighted by Gasteiger charge is -2.24. The van der Waals surface area contributed by atoms with Crippen LogP contribution in [0.4, 0.5) is 4.39 Å². The summed E-state index contributed by atoms with van der Waals surface area (Å²) >= 11 is 0. The van der Waals surface area contributed by atoms with Crippen LogP contribution in [0.25, 0.3) is 0 Å². The quantitative estimate of drug-likeness (QED) is 0.894. The molecule has 1 N–H and O–H groups in total. The van der Waals surface area contributed by atoms with Gasteiger partial charge in [0.25, 0.3) is 0 Å². The Morgan fingerprint density at radius 2 is 2.11 bits per heavy atom. The van der Waals surface area contributed by atoms with Crippen molar-refractivity contribution in [2.24, 2.45) is 0 Å². The van der Waals surface area contributed by atoms with E-state index in [4.69, 9.17) is 5.11 Å². The van der Waals surface area contributed by atoms with Gasteiger partial charge in [-0.2, -0.15) is 0 Å². The average Bonchev–Trinajstić information content (AvgIpc) is 2.85. The summed E-state index contributed by atoms with van der Waals surface area (Å²) in [4.78, 5) is 13.1. The van der Waals surface area contributed by atoms with Crippen molar-refractivity contribution in [1.29, 1.82) is 0 Å². The van der Waals surface area contributed by atoms with Crippen molar-refractivity contribution in [2.75, 3.05) is 7.05 Å². The normalized spacial score (nSPS) is 16.4. The highest BCUT2D eigenvalue weighted by Crippen LogP contribution is 2.24. The van der Waals surface area contributed by atoms with E-state index in [0.29, 0.717) is 12.6 Å². The number of carboxylic acids is 1. The van der Waals surface area contributed by atoms with Crippen LogP contribution < -0.4 is 0 Å². The molecule has 0 aliphatic heterocycles. The Morgan fingerprint density at radius 1 is 1.44 bits per heavy atom. The zero-order valence-electron chi connectivity index (χ0n) is 10.5. The van der Waals surface area contributed by atoms with E-state index in [1.54, 1.807) is 6.07 Å². The zero-order valence-corrected chi connectivity index (χ0v) is 10.5. The summed E-state index contributed by atoms with van der Waals surface area (Å²) in [6, 6.07) is 4.90. The summed E-state index contributed by atoms with van der Waals surface area (Å²) in [5.41, 5.74) is 0.607. The predicted molar refractivity (Wildman–Crippen MR) is 67.1 cm³/mol. The molecule has 0 saturated heterocycles. The molecule has 1 aromatic carbocycles. The van der Waals surface area contributed by atoms with Gasteiger partial charge in [0.1, 0.15) is 5.82 Å². The molecule has 0 radical (unpaired) electrons. The van der Waals surface area contributed by atoms with Gasteiger partial charge in [-0.1, -0.05) is 18.9 Å². The third-order valence-corrected chi connectivity index (χ3v) is 3.64. The standard InChI is InChI=1S/C14H18FNO2/c1-16(11-4-2-3-5-11)9-10-6-7-13(15)12(8-10)14(17)18/h6-8,11H,2-5,9H2,1H3,(H,17,18). The number of hydrogen-bond donors (Lipinski definition) is 1. The Hall–Kier alpha value is -1.42. The summed E-state index contributed by atoms with van der Waals surface area (Å²) in [7, 11) is 2.04. The average molecular weight is 251 g/mol. The maximum absolute atomic E-state index is 13.3. The van der Waals surface area contributed by atoms with Gasteiger partial charge < -0.3 is 5.11 Å². The van der Waals surface area contributed by atoms with Gasteiger partial charge in [0.2, 0.25) is 0 Å². The van der Waals surface area contributed by atoms with Crippen molar-refractivity contribution in [2.45, 2.75) is 38.3 Å². The lowest BCUT2D eigenvalue weighted by Crippen LogP contribution is -2.28. The lowest BCUT2D eigenvalue weighted by atomic mass is 10.1. The van der Waals surface area contributed by atoms with E-state index in [9.17, 15) is 9.18 Å². The van der Waals surface area contributed by atoms with Gasteiger partial charge in [-0.25, -0.2) is 9.18 Å². The molecule has 1 saturated carbocycles. The van der Waals surface area contributed by atoms with E-state index in [1.165, 1.54) is 37.8 Å². The molecule has 18 heavy (non-hydrogen) atoms. The molecule has 3 nitrogen and oxygen atoms in total. The van der Waals surface area contributed by atoms with Crippen LogP contribution in [0.1, 0.15) is 41.6 Å². The van der Waals surface area contributed by atoms with Gasteiger partial charge in [-0.3, -0.25) is 4.90 Å². The van der Waals surface area contributed by atoms with Crippen molar-refractivity contribution in [3.05, 3.63) is 35.1 Å². The van der Waals surface area contributed by atoms with Crippen molar-refractivity contribution in [3.63, 3.8) is 0 Å². The summed E-state index contributed by atoms with van der Waals surface area (Å²) in [6.45, 7) is 0.672. The number of halogens is 1. The fraction of sp³-hybridized carbons (Fsp3) is 0.500. The van der Waals surface area contributed by atoms with Crippen LogP contribution in [0.2, 0.25) is 0 Å². The molecule has 1 fully saturated rings. The highest BCUT2D eigenvalue weighted by Gasteiger charge is 2.20. The molecule has 4 heteroatoms. The third-order valence-electron chi connectivity index (χ3n) is 3.64. The Balaban J connectivity index is 2.09. The number of hydrogen-bond acceptors (Lipinski definition) is 2.